The maximum atomic E-state index is 11.5. The molecule has 96 valence electrons. The minimum absolute atomic E-state index is 0.0132. The van der Waals surface area contributed by atoms with E-state index in [1.54, 1.807) is 24.4 Å². The molecule has 7 heteroatoms. The molecule has 0 aliphatic carbocycles. The zero-order valence-electron chi connectivity index (χ0n) is 10.4. The molecular weight excluding hydrogens is 234 g/mol. The molecular formula is C11H15N5O2. The van der Waals surface area contributed by atoms with E-state index in [-0.39, 0.29) is 11.6 Å². The smallest absolute Gasteiger partial charge is 0.317 e. The lowest BCUT2D eigenvalue weighted by atomic mass is 9.89. The van der Waals surface area contributed by atoms with Gasteiger partial charge < -0.3 is 19.9 Å². The predicted octanol–water partition coefficient (Wildman–Crippen LogP) is -0.301. The van der Waals surface area contributed by atoms with Crippen molar-refractivity contribution in [3.8, 4) is 5.88 Å². The highest BCUT2D eigenvalue weighted by atomic mass is 16.5. The quantitative estimate of drug-likeness (QED) is 0.779. The minimum Gasteiger partial charge on any atom is -0.478 e. The third-order valence-electron chi connectivity index (χ3n) is 3.69. The maximum Gasteiger partial charge on any atom is 0.317 e. The van der Waals surface area contributed by atoms with Crippen molar-refractivity contribution < 1.29 is 9.53 Å². The fraction of sp³-hybridized carbons (Fsp3) is 0.545. The van der Waals surface area contributed by atoms with Crippen LogP contribution in [0.2, 0.25) is 0 Å². The second-order valence-corrected chi connectivity index (χ2v) is 4.69. The van der Waals surface area contributed by atoms with Crippen LogP contribution in [-0.2, 0) is 0 Å². The van der Waals surface area contributed by atoms with Crippen LogP contribution in [0.1, 0.15) is 0 Å². The van der Waals surface area contributed by atoms with E-state index in [4.69, 9.17) is 4.74 Å². The van der Waals surface area contributed by atoms with Crippen molar-refractivity contribution in [3.63, 3.8) is 0 Å². The highest BCUT2D eigenvalue weighted by molar-refractivity contribution is 5.79. The fourth-order valence-corrected chi connectivity index (χ4v) is 2.51. The Morgan fingerprint density at radius 3 is 2.72 bits per heavy atom. The number of nitrogens with one attached hydrogen (secondary N) is 1. The molecule has 1 aromatic rings. The van der Waals surface area contributed by atoms with Crippen LogP contribution in [-0.4, -0.2) is 60.2 Å². The first kappa shape index (κ1) is 11.1. The van der Waals surface area contributed by atoms with Crippen molar-refractivity contribution in [2.24, 2.45) is 0 Å². The molecule has 1 spiro atoms. The van der Waals surface area contributed by atoms with Gasteiger partial charge in [-0.05, 0) is 0 Å². The van der Waals surface area contributed by atoms with E-state index >= 15 is 0 Å². The summed E-state index contributed by atoms with van der Waals surface area (Å²) in [5, 5.41) is 2.86. The van der Waals surface area contributed by atoms with E-state index in [1.165, 1.54) is 0 Å². The number of carbonyl (C=O) groups is 1. The number of anilines is 1. The van der Waals surface area contributed by atoms with E-state index < -0.39 is 0 Å². The molecule has 18 heavy (non-hydrogen) atoms. The van der Waals surface area contributed by atoms with Crippen LogP contribution in [0.25, 0.3) is 0 Å². The lowest BCUT2D eigenvalue weighted by Crippen LogP contribution is -2.69. The van der Waals surface area contributed by atoms with Gasteiger partial charge in [-0.25, -0.2) is 14.8 Å². The number of likely N-dealkylation sites (N-methyl/N-ethyl adjacent to an activating group) is 1. The number of urea groups is 1. The monoisotopic (exact) mass is 249 g/mol. The number of rotatable bonds is 2. The van der Waals surface area contributed by atoms with E-state index in [1.807, 2.05) is 7.05 Å². The molecule has 1 N–H and O–H groups in total. The summed E-state index contributed by atoms with van der Waals surface area (Å²) in [6, 6.07) is -0.0132. The Morgan fingerprint density at radius 2 is 2.11 bits per heavy atom. The summed E-state index contributed by atoms with van der Waals surface area (Å²) in [5.74, 6) is 1.26. The number of aromatic nitrogens is 2. The normalized spacial score (nSPS) is 20.9. The van der Waals surface area contributed by atoms with Gasteiger partial charge in [0.1, 0.15) is 0 Å². The zero-order chi connectivity index (χ0) is 12.8. The summed E-state index contributed by atoms with van der Waals surface area (Å²) >= 11 is 0. The Hall–Kier alpha value is -2.05. The van der Waals surface area contributed by atoms with Crippen molar-refractivity contribution in [2.45, 2.75) is 5.54 Å². The van der Waals surface area contributed by atoms with Crippen molar-refractivity contribution in [2.75, 3.05) is 38.7 Å². The average Bonchev–Trinajstić information content (AvgIpc) is 2.65. The third-order valence-corrected chi connectivity index (χ3v) is 3.69. The second kappa shape index (κ2) is 3.72. The number of nitrogens with zero attached hydrogens (tertiary/aromatic N) is 4. The maximum absolute atomic E-state index is 11.5. The Labute approximate surface area is 105 Å². The standard InChI is InChI=1S/C11H15N5O2/c1-15-10(17)14-5-11(15)6-16(7-11)8-9(18-2)13-4-3-12-8/h3-4H,5-7H2,1-2H3,(H,14,17). The van der Waals surface area contributed by atoms with Crippen LogP contribution in [0.3, 0.4) is 0 Å². The Morgan fingerprint density at radius 1 is 1.39 bits per heavy atom. The Balaban J connectivity index is 1.78. The van der Waals surface area contributed by atoms with Gasteiger partial charge >= 0.3 is 6.03 Å². The molecule has 2 saturated heterocycles. The van der Waals surface area contributed by atoms with Crippen LogP contribution in [0.15, 0.2) is 12.4 Å². The molecule has 2 fully saturated rings. The summed E-state index contributed by atoms with van der Waals surface area (Å²) in [4.78, 5) is 23.7. The van der Waals surface area contributed by atoms with E-state index in [0.29, 0.717) is 12.4 Å². The van der Waals surface area contributed by atoms with Gasteiger partial charge in [-0.15, -0.1) is 0 Å². The molecule has 0 unspecified atom stereocenters. The summed E-state index contributed by atoms with van der Waals surface area (Å²) in [7, 11) is 3.41. The average molecular weight is 249 g/mol. The molecule has 0 saturated carbocycles. The molecule has 3 heterocycles. The molecule has 7 nitrogen and oxygen atoms in total. The zero-order valence-corrected chi connectivity index (χ0v) is 10.4. The number of hydrogen-bond acceptors (Lipinski definition) is 5. The molecule has 1 aromatic heterocycles. The first-order chi connectivity index (χ1) is 8.66. The first-order valence-electron chi connectivity index (χ1n) is 5.78. The van der Waals surface area contributed by atoms with Gasteiger partial charge in [0.25, 0.3) is 5.88 Å². The topological polar surface area (TPSA) is 70.6 Å². The number of hydrogen-bond donors (Lipinski definition) is 1. The van der Waals surface area contributed by atoms with Crippen LogP contribution >= 0.6 is 0 Å². The lowest BCUT2D eigenvalue weighted by molar-refractivity contribution is 0.151. The third kappa shape index (κ3) is 1.40. The Kier molecular flexibility index (Phi) is 2.29. The van der Waals surface area contributed by atoms with Gasteiger partial charge in [-0.1, -0.05) is 0 Å². The summed E-state index contributed by atoms with van der Waals surface area (Å²) in [6.45, 7) is 2.18. The minimum atomic E-state index is -0.111. The molecule has 0 aromatic carbocycles. The SMILES string of the molecule is COc1nccnc1N1CC2(CNC(=O)N2C)C1. The van der Waals surface area contributed by atoms with Crippen LogP contribution in [0.4, 0.5) is 10.6 Å². The molecule has 0 bridgehead atoms. The van der Waals surface area contributed by atoms with Gasteiger partial charge in [-0.3, -0.25) is 0 Å². The van der Waals surface area contributed by atoms with Crippen LogP contribution in [0, 0.1) is 0 Å². The van der Waals surface area contributed by atoms with Crippen molar-refractivity contribution >= 4 is 11.8 Å². The van der Waals surface area contributed by atoms with Crippen molar-refractivity contribution in [1.82, 2.24) is 20.2 Å². The molecule has 2 amide bonds. The predicted molar refractivity (Wildman–Crippen MR) is 64.7 cm³/mol. The molecule has 2 aliphatic rings. The first-order valence-corrected chi connectivity index (χ1v) is 5.78. The van der Waals surface area contributed by atoms with Crippen LogP contribution < -0.4 is 15.0 Å². The van der Waals surface area contributed by atoms with Gasteiger partial charge in [0.05, 0.1) is 12.6 Å². The van der Waals surface area contributed by atoms with E-state index in [2.05, 4.69) is 20.2 Å². The lowest BCUT2D eigenvalue weighted by Gasteiger charge is -2.50. The Bertz CT molecular complexity index is 486. The molecule has 0 atom stereocenters. The number of carbonyl (C=O) groups excluding carboxylic acids is 1. The molecule has 0 radical (unpaired) electrons. The number of methoxy groups -OCH3 is 1. The highest BCUT2D eigenvalue weighted by Crippen LogP contribution is 2.35. The van der Waals surface area contributed by atoms with E-state index in [0.717, 1.165) is 18.9 Å². The van der Waals surface area contributed by atoms with Gasteiger partial charge in [0, 0.05) is 39.1 Å². The van der Waals surface area contributed by atoms with Gasteiger partial charge in [-0.2, -0.15) is 0 Å². The highest BCUT2D eigenvalue weighted by Gasteiger charge is 2.53. The van der Waals surface area contributed by atoms with Crippen molar-refractivity contribution in [3.05, 3.63) is 12.4 Å². The fourth-order valence-electron chi connectivity index (χ4n) is 2.51. The second-order valence-electron chi connectivity index (χ2n) is 4.69. The van der Waals surface area contributed by atoms with Crippen LogP contribution in [0.5, 0.6) is 5.88 Å². The summed E-state index contributed by atoms with van der Waals surface area (Å²) in [5.41, 5.74) is -0.111. The summed E-state index contributed by atoms with van der Waals surface area (Å²) < 4.78 is 5.19. The van der Waals surface area contributed by atoms with Gasteiger partial charge in [0.2, 0.25) is 0 Å². The van der Waals surface area contributed by atoms with E-state index in [9.17, 15) is 4.79 Å². The molecule has 3 rings (SSSR count). The number of ether oxygens (including phenoxy) is 1. The summed E-state index contributed by atoms with van der Waals surface area (Å²) in [6.07, 6.45) is 3.25. The van der Waals surface area contributed by atoms with Crippen molar-refractivity contribution in [1.29, 1.82) is 0 Å². The van der Waals surface area contributed by atoms with Gasteiger partial charge in [0.15, 0.2) is 5.82 Å². The number of amides is 2. The largest absolute Gasteiger partial charge is 0.478 e. The molecule has 2 aliphatic heterocycles.